The van der Waals surface area contributed by atoms with Crippen molar-refractivity contribution in [1.82, 2.24) is 9.88 Å². The highest BCUT2D eigenvalue weighted by Gasteiger charge is 2.32. The second kappa shape index (κ2) is 9.54. The van der Waals surface area contributed by atoms with Gasteiger partial charge < -0.3 is 29.7 Å². The van der Waals surface area contributed by atoms with E-state index in [-0.39, 0.29) is 12.3 Å². The summed E-state index contributed by atoms with van der Waals surface area (Å²) in [5, 5.41) is 22.8. The lowest BCUT2D eigenvalue weighted by Crippen LogP contribution is -2.48. The average molecular weight is 383 g/mol. The monoisotopic (exact) mass is 383 g/mol. The van der Waals surface area contributed by atoms with Gasteiger partial charge >= 0.3 is 0 Å². The molecule has 3 rings (SSSR count). The van der Waals surface area contributed by atoms with Crippen LogP contribution in [0, 0.1) is 0 Å². The highest BCUT2D eigenvalue weighted by atomic mass is 16.6. The van der Waals surface area contributed by atoms with Gasteiger partial charge in [-0.15, -0.1) is 0 Å². The van der Waals surface area contributed by atoms with Gasteiger partial charge in [0.2, 0.25) is 0 Å². The van der Waals surface area contributed by atoms with Crippen molar-refractivity contribution in [3.05, 3.63) is 12.1 Å². The highest BCUT2D eigenvalue weighted by Crippen LogP contribution is 2.29. The lowest BCUT2D eigenvalue weighted by atomic mass is 9.91. The number of likely N-dealkylation sites (tertiary alicyclic amines) is 1. The molecule has 0 spiro atoms. The molecule has 1 saturated heterocycles. The van der Waals surface area contributed by atoms with Crippen molar-refractivity contribution in [3.8, 4) is 11.6 Å². The van der Waals surface area contributed by atoms with E-state index in [1.54, 1.807) is 7.11 Å². The molecule has 0 amide bonds. The summed E-state index contributed by atoms with van der Waals surface area (Å²) in [6, 6.07) is 3.64. The predicted octanol–water partition coefficient (Wildman–Crippen LogP) is 1.47. The van der Waals surface area contributed by atoms with Crippen LogP contribution in [0.4, 0.5) is 5.82 Å². The number of hydrogen-bond donors (Lipinski definition) is 3. The van der Waals surface area contributed by atoms with Gasteiger partial charge in [-0.1, -0.05) is 0 Å². The van der Waals surface area contributed by atoms with E-state index in [4.69, 9.17) is 19.3 Å². The molecule has 0 unspecified atom stereocenters. The second-order valence-electron chi connectivity index (χ2n) is 7.85. The first-order valence-corrected chi connectivity index (χ1v) is 9.36. The molecule has 1 fully saturated rings. The Kier molecular flexibility index (Phi) is 7.67. The van der Waals surface area contributed by atoms with Crippen molar-refractivity contribution in [2.75, 3.05) is 52.0 Å². The molecule has 3 N–H and O–H groups in total. The zero-order valence-corrected chi connectivity index (χ0v) is 16.8. The van der Waals surface area contributed by atoms with Gasteiger partial charge in [0.1, 0.15) is 19.0 Å². The summed E-state index contributed by atoms with van der Waals surface area (Å²) in [6.07, 6.45) is 1.26. The molecule has 3 heterocycles. The molecule has 0 radical (unpaired) electrons. The van der Waals surface area contributed by atoms with Crippen molar-refractivity contribution in [2.24, 2.45) is 0 Å². The van der Waals surface area contributed by atoms with Crippen LogP contribution in [0.1, 0.15) is 33.6 Å². The smallest absolute Gasteiger partial charge is 0.259 e. The number of rotatable bonds is 4. The Morgan fingerprint density at radius 1 is 1.22 bits per heavy atom. The number of fused-ring (bicyclic) bond motifs is 1. The van der Waals surface area contributed by atoms with Crippen LogP contribution >= 0.6 is 0 Å². The molecular weight excluding hydrogens is 350 g/mol. The average Bonchev–Trinajstić information content (AvgIpc) is 2.67. The fourth-order valence-corrected chi connectivity index (χ4v) is 2.57. The highest BCUT2D eigenvalue weighted by molar-refractivity contribution is 5.45. The first-order valence-electron chi connectivity index (χ1n) is 9.36. The summed E-state index contributed by atoms with van der Waals surface area (Å²) >= 11 is 0. The third kappa shape index (κ3) is 7.14. The fraction of sp³-hybridized carbons (Fsp3) is 0.737. The van der Waals surface area contributed by atoms with E-state index in [2.05, 4.69) is 10.3 Å². The molecule has 0 saturated carbocycles. The lowest BCUT2D eigenvalue weighted by molar-refractivity contribution is -0.0305. The van der Waals surface area contributed by atoms with Crippen LogP contribution < -0.4 is 14.8 Å². The van der Waals surface area contributed by atoms with Gasteiger partial charge in [-0.25, -0.2) is 0 Å². The van der Waals surface area contributed by atoms with E-state index in [9.17, 15) is 5.11 Å². The van der Waals surface area contributed by atoms with Gasteiger partial charge in [0.25, 0.3) is 5.88 Å². The molecule has 8 heteroatoms. The SMILES string of the molecule is COC(C)(C)C.OCN1CCC(O)(CNc2ccc3c(n2)OCCO3)CC1. The van der Waals surface area contributed by atoms with Crippen LogP contribution in [0.25, 0.3) is 0 Å². The van der Waals surface area contributed by atoms with Crippen LogP contribution in [-0.4, -0.2) is 78.0 Å². The maximum Gasteiger partial charge on any atom is 0.259 e. The summed E-state index contributed by atoms with van der Waals surface area (Å²) in [5.41, 5.74) is -0.722. The number of anilines is 1. The topological polar surface area (TPSA) is 96.3 Å². The van der Waals surface area contributed by atoms with E-state index in [0.717, 1.165) is 0 Å². The number of nitrogens with zero attached hydrogens (tertiary/aromatic N) is 2. The molecular formula is C19H33N3O5. The number of aliphatic hydroxyl groups is 2. The third-order valence-corrected chi connectivity index (χ3v) is 4.60. The molecule has 0 atom stereocenters. The number of aliphatic hydroxyl groups excluding tert-OH is 1. The first kappa shape index (κ1) is 21.7. The Balaban J connectivity index is 0.000000380. The summed E-state index contributed by atoms with van der Waals surface area (Å²) in [6.45, 7) is 8.98. The Hall–Kier alpha value is -1.61. The fourth-order valence-electron chi connectivity index (χ4n) is 2.57. The Morgan fingerprint density at radius 3 is 2.44 bits per heavy atom. The summed E-state index contributed by atoms with van der Waals surface area (Å²) in [4.78, 5) is 6.25. The number of aromatic nitrogens is 1. The maximum atomic E-state index is 10.5. The molecule has 2 aliphatic rings. The van der Waals surface area contributed by atoms with E-state index in [0.29, 0.717) is 63.1 Å². The van der Waals surface area contributed by atoms with E-state index >= 15 is 0 Å². The van der Waals surface area contributed by atoms with Crippen molar-refractivity contribution in [1.29, 1.82) is 0 Å². The standard InChI is InChI=1S/C14H21N3O4.C5H12O/c18-10-17-5-3-14(19,4-6-17)9-15-12-2-1-11-13(16-12)21-8-7-20-11;1-5(2,3)6-4/h1-2,18-19H,3-10H2,(H,15,16);1-4H3. The summed E-state index contributed by atoms with van der Waals surface area (Å²) < 4.78 is 15.8. The van der Waals surface area contributed by atoms with Crippen molar-refractivity contribution in [3.63, 3.8) is 0 Å². The van der Waals surface area contributed by atoms with Crippen LogP contribution in [0.5, 0.6) is 11.6 Å². The second-order valence-corrected chi connectivity index (χ2v) is 7.85. The van der Waals surface area contributed by atoms with Crippen LogP contribution in [0.2, 0.25) is 0 Å². The van der Waals surface area contributed by atoms with E-state index in [1.165, 1.54) is 0 Å². The molecule has 2 aliphatic heterocycles. The van der Waals surface area contributed by atoms with Crippen LogP contribution in [0.15, 0.2) is 12.1 Å². The first-order chi connectivity index (χ1) is 12.7. The molecule has 154 valence electrons. The number of hydrogen-bond acceptors (Lipinski definition) is 8. The number of methoxy groups -OCH3 is 1. The quantitative estimate of drug-likeness (QED) is 0.719. The van der Waals surface area contributed by atoms with Gasteiger partial charge in [-0.2, -0.15) is 4.98 Å². The number of nitrogens with one attached hydrogen (secondary N) is 1. The number of pyridine rings is 1. The normalized spacial score (nSPS) is 19.0. The maximum absolute atomic E-state index is 10.5. The van der Waals surface area contributed by atoms with Gasteiger partial charge in [0.05, 0.1) is 17.9 Å². The van der Waals surface area contributed by atoms with E-state index < -0.39 is 5.60 Å². The summed E-state index contributed by atoms with van der Waals surface area (Å²) in [5.74, 6) is 1.81. The van der Waals surface area contributed by atoms with Gasteiger partial charge in [-0.05, 0) is 45.7 Å². The van der Waals surface area contributed by atoms with E-state index in [1.807, 2.05) is 37.8 Å². The minimum atomic E-state index is -0.763. The molecule has 27 heavy (non-hydrogen) atoms. The molecule has 0 aromatic carbocycles. The van der Waals surface area contributed by atoms with Crippen molar-refractivity contribution < 1.29 is 24.4 Å². The Bertz CT molecular complexity index is 583. The van der Waals surface area contributed by atoms with Gasteiger partial charge in [-0.3, -0.25) is 4.90 Å². The number of ether oxygens (including phenoxy) is 3. The van der Waals surface area contributed by atoms with Crippen molar-refractivity contribution >= 4 is 5.82 Å². The molecule has 0 aliphatic carbocycles. The molecule has 1 aromatic rings. The molecule has 1 aromatic heterocycles. The Morgan fingerprint density at radius 2 is 1.85 bits per heavy atom. The third-order valence-electron chi connectivity index (χ3n) is 4.60. The zero-order valence-electron chi connectivity index (χ0n) is 16.8. The summed E-state index contributed by atoms with van der Waals surface area (Å²) in [7, 11) is 1.71. The van der Waals surface area contributed by atoms with Crippen LogP contribution in [-0.2, 0) is 4.74 Å². The minimum Gasteiger partial charge on any atom is -0.484 e. The predicted molar refractivity (Wildman–Crippen MR) is 103 cm³/mol. The van der Waals surface area contributed by atoms with Gasteiger partial charge in [0, 0.05) is 26.7 Å². The van der Waals surface area contributed by atoms with Crippen molar-refractivity contribution in [2.45, 2.75) is 44.8 Å². The number of piperidine rings is 1. The lowest BCUT2D eigenvalue weighted by Gasteiger charge is -2.37. The Labute approximate surface area is 161 Å². The largest absolute Gasteiger partial charge is 0.484 e. The van der Waals surface area contributed by atoms with Crippen LogP contribution in [0.3, 0.4) is 0 Å². The van der Waals surface area contributed by atoms with Gasteiger partial charge in [0.15, 0.2) is 5.75 Å². The molecule has 8 nitrogen and oxygen atoms in total. The minimum absolute atomic E-state index is 0.0417. The zero-order chi connectivity index (χ0) is 19.9. The molecule has 0 bridgehead atoms.